The highest BCUT2D eigenvalue weighted by Crippen LogP contribution is 2.21. The summed E-state index contributed by atoms with van der Waals surface area (Å²) >= 11 is 0. The zero-order valence-electron chi connectivity index (χ0n) is 11.0. The number of hydrogen-bond acceptors (Lipinski definition) is 4. The first-order valence-corrected chi connectivity index (χ1v) is 7.00. The highest BCUT2D eigenvalue weighted by Gasteiger charge is 2.23. The van der Waals surface area contributed by atoms with Gasteiger partial charge in [0.2, 0.25) is 0 Å². The average Bonchev–Trinajstić information content (AvgIpc) is 2.73. The van der Waals surface area contributed by atoms with Gasteiger partial charge in [-0.1, -0.05) is 0 Å². The van der Waals surface area contributed by atoms with Gasteiger partial charge in [-0.25, -0.2) is 9.67 Å². The Kier molecular flexibility index (Phi) is 3.35. The van der Waals surface area contributed by atoms with Crippen LogP contribution in [0.15, 0.2) is 0 Å². The summed E-state index contributed by atoms with van der Waals surface area (Å²) in [5, 5.41) is 14.2. The van der Waals surface area contributed by atoms with Crippen LogP contribution >= 0.6 is 0 Å². The van der Waals surface area contributed by atoms with Crippen molar-refractivity contribution < 1.29 is 5.11 Å². The molecule has 0 aromatic carbocycles. The average molecular weight is 250 g/mol. The zero-order valence-corrected chi connectivity index (χ0v) is 11.0. The molecule has 2 aliphatic rings. The van der Waals surface area contributed by atoms with E-state index in [1.807, 2.05) is 4.68 Å². The number of likely N-dealkylation sites (tertiary alicyclic amines) is 1. The molecule has 0 aliphatic carbocycles. The van der Waals surface area contributed by atoms with Gasteiger partial charge in [0.1, 0.15) is 5.82 Å². The second kappa shape index (κ2) is 4.97. The number of piperidine rings is 1. The molecule has 1 aromatic heterocycles. The largest absolute Gasteiger partial charge is 0.393 e. The van der Waals surface area contributed by atoms with E-state index in [0.29, 0.717) is 6.42 Å². The molecule has 0 spiro atoms. The highest BCUT2D eigenvalue weighted by atomic mass is 16.3. The molecule has 3 heterocycles. The molecule has 5 nitrogen and oxygen atoms in total. The maximum atomic E-state index is 9.63. The summed E-state index contributed by atoms with van der Waals surface area (Å²) in [6, 6.07) is 0. The zero-order chi connectivity index (χ0) is 12.5. The lowest BCUT2D eigenvalue weighted by Crippen LogP contribution is -2.31. The van der Waals surface area contributed by atoms with Crippen LogP contribution < -0.4 is 0 Å². The monoisotopic (exact) mass is 250 g/mol. The summed E-state index contributed by atoms with van der Waals surface area (Å²) < 4.78 is 1.98. The lowest BCUT2D eigenvalue weighted by molar-refractivity contribution is 0.138. The Labute approximate surface area is 108 Å². The molecule has 1 aromatic rings. The molecule has 0 bridgehead atoms. The Morgan fingerprint density at radius 2 is 2.00 bits per heavy atom. The summed E-state index contributed by atoms with van der Waals surface area (Å²) in [6.45, 7) is 3.20. The summed E-state index contributed by atoms with van der Waals surface area (Å²) in [6.07, 6.45) is 4.76. The van der Waals surface area contributed by atoms with Crippen molar-refractivity contribution in [2.24, 2.45) is 5.92 Å². The van der Waals surface area contributed by atoms with Gasteiger partial charge in [-0.3, -0.25) is 0 Å². The molecule has 18 heavy (non-hydrogen) atoms. The van der Waals surface area contributed by atoms with Crippen LogP contribution in [-0.4, -0.2) is 51.0 Å². The third kappa shape index (κ3) is 2.57. The fourth-order valence-electron chi connectivity index (χ4n) is 2.95. The second-order valence-electron chi connectivity index (χ2n) is 5.76. The predicted molar refractivity (Wildman–Crippen MR) is 68.3 cm³/mol. The Morgan fingerprint density at radius 3 is 2.78 bits per heavy atom. The number of aliphatic hydroxyl groups is 1. The van der Waals surface area contributed by atoms with E-state index < -0.39 is 0 Å². The van der Waals surface area contributed by atoms with Crippen molar-refractivity contribution in [2.45, 2.75) is 44.8 Å². The Morgan fingerprint density at radius 1 is 1.22 bits per heavy atom. The van der Waals surface area contributed by atoms with Crippen LogP contribution in [0.4, 0.5) is 0 Å². The van der Waals surface area contributed by atoms with Gasteiger partial charge in [-0.15, -0.1) is 0 Å². The summed E-state index contributed by atoms with van der Waals surface area (Å²) in [5.74, 6) is 2.68. The molecule has 1 unspecified atom stereocenters. The number of nitrogens with zero attached hydrogens (tertiary/aromatic N) is 4. The Bertz CT molecular complexity index is 409. The first-order valence-electron chi connectivity index (χ1n) is 7.00. The first-order chi connectivity index (χ1) is 8.70. The molecule has 0 saturated carbocycles. The van der Waals surface area contributed by atoms with E-state index >= 15 is 0 Å². The summed E-state index contributed by atoms with van der Waals surface area (Å²) in [4.78, 5) is 6.98. The fourth-order valence-corrected chi connectivity index (χ4v) is 2.95. The smallest absolute Gasteiger partial charge is 0.151 e. The molecular formula is C13H22N4O. The van der Waals surface area contributed by atoms with Crippen molar-refractivity contribution >= 4 is 0 Å². The van der Waals surface area contributed by atoms with E-state index in [1.165, 1.54) is 25.9 Å². The van der Waals surface area contributed by atoms with Crippen LogP contribution in [0.1, 0.15) is 30.9 Å². The summed E-state index contributed by atoms with van der Waals surface area (Å²) in [7, 11) is 2.19. The molecular weight excluding hydrogens is 228 g/mol. The van der Waals surface area contributed by atoms with Gasteiger partial charge < -0.3 is 10.0 Å². The molecule has 3 rings (SSSR count). The van der Waals surface area contributed by atoms with Crippen molar-refractivity contribution in [3.05, 3.63) is 11.6 Å². The van der Waals surface area contributed by atoms with Crippen LogP contribution in [0.2, 0.25) is 0 Å². The standard InChI is InChI=1S/C13H22N4O/c1-16-5-2-10(3-6-16)8-12-14-13-9-11(18)4-7-17(13)15-12/h10-11,18H,2-9H2,1H3. The minimum atomic E-state index is -0.224. The predicted octanol–water partition coefficient (Wildman–Crippen LogP) is 0.469. The molecule has 1 atom stereocenters. The molecule has 100 valence electrons. The molecule has 1 fully saturated rings. The number of rotatable bonds is 2. The third-order valence-corrected chi connectivity index (χ3v) is 4.19. The van der Waals surface area contributed by atoms with E-state index in [4.69, 9.17) is 0 Å². The second-order valence-corrected chi connectivity index (χ2v) is 5.76. The lowest BCUT2D eigenvalue weighted by atomic mass is 9.94. The van der Waals surface area contributed by atoms with Crippen molar-refractivity contribution in [3.63, 3.8) is 0 Å². The normalized spacial score (nSPS) is 26.2. The Balaban J connectivity index is 1.63. The topological polar surface area (TPSA) is 54.2 Å². The number of fused-ring (bicyclic) bond motifs is 1. The number of aliphatic hydroxyl groups excluding tert-OH is 1. The molecule has 2 aliphatic heterocycles. The van der Waals surface area contributed by atoms with Crippen LogP contribution in [0.3, 0.4) is 0 Å². The SMILES string of the molecule is CN1CCC(Cc2nc3n(n2)CCC(O)C3)CC1. The van der Waals surface area contributed by atoms with Crippen LogP contribution in [-0.2, 0) is 19.4 Å². The van der Waals surface area contributed by atoms with Crippen molar-refractivity contribution in [3.8, 4) is 0 Å². The van der Waals surface area contributed by atoms with Crippen LogP contribution in [0.25, 0.3) is 0 Å². The molecule has 0 amide bonds. The van der Waals surface area contributed by atoms with Crippen LogP contribution in [0, 0.1) is 5.92 Å². The number of hydrogen-bond donors (Lipinski definition) is 1. The minimum absolute atomic E-state index is 0.224. The van der Waals surface area contributed by atoms with Crippen molar-refractivity contribution in [1.82, 2.24) is 19.7 Å². The van der Waals surface area contributed by atoms with Gasteiger partial charge in [-0.2, -0.15) is 5.10 Å². The van der Waals surface area contributed by atoms with Crippen LogP contribution in [0.5, 0.6) is 0 Å². The Hall–Kier alpha value is -0.940. The van der Waals surface area contributed by atoms with Crippen molar-refractivity contribution in [2.75, 3.05) is 20.1 Å². The lowest BCUT2D eigenvalue weighted by Gasteiger charge is -2.28. The van der Waals surface area contributed by atoms with Gasteiger partial charge >= 0.3 is 0 Å². The quantitative estimate of drug-likeness (QED) is 0.829. The highest BCUT2D eigenvalue weighted by molar-refractivity contribution is 4.99. The molecule has 0 radical (unpaired) electrons. The van der Waals surface area contributed by atoms with E-state index in [-0.39, 0.29) is 6.10 Å². The maximum absolute atomic E-state index is 9.63. The number of aryl methyl sites for hydroxylation is 1. The van der Waals surface area contributed by atoms with Gasteiger partial charge in [0.25, 0.3) is 0 Å². The molecule has 5 heteroatoms. The van der Waals surface area contributed by atoms with Crippen molar-refractivity contribution in [1.29, 1.82) is 0 Å². The molecule has 1 saturated heterocycles. The van der Waals surface area contributed by atoms with E-state index in [0.717, 1.165) is 37.0 Å². The number of aromatic nitrogens is 3. The van der Waals surface area contributed by atoms with Gasteiger partial charge in [0, 0.05) is 19.4 Å². The maximum Gasteiger partial charge on any atom is 0.151 e. The molecule has 1 N–H and O–H groups in total. The van der Waals surface area contributed by atoms with E-state index in [2.05, 4.69) is 22.0 Å². The van der Waals surface area contributed by atoms with E-state index in [9.17, 15) is 5.11 Å². The first kappa shape index (κ1) is 12.1. The third-order valence-electron chi connectivity index (χ3n) is 4.19. The van der Waals surface area contributed by atoms with Gasteiger partial charge in [0.15, 0.2) is 5.82 Å². The fraction of sp³-hybridized carbons (Fsp3) is 0.846. The minimum Gasteiger partial charge on any atom is -0.393 e. The summed E-state index contributed by atoms with van der Waals surface area (Å²) in [5.41, 5.74) is 0. The van der Waals surface area contributed by atoms with Gasteiger partial charge in [-0.05, 0) is 45.3 Å². The van der Waals surface area contributed by atoms with E-state index in [1.54, 1.807) is 0 Å². The van der Waals surface area contributed by atoms with Gasteiger partial charge in [0.05, 0.1) is 6.10 Å².